The van der Waals surface area contributed by atoms with Crippen LogP contribution >= 0.6 is 0 Å². The Morgan fingerprint density at radius 2 is 2.25 bits per heavy atom. The number of aliphatic hydroxyl groups is 1. The van der Waals surface area contributed by atoms with Crippen LogP contribution in [0.2, 0.25) is 0 Å². The number of nitro benzene ring substituents is 1. The Balaban J connectivity index is 2.17. The predicted octanol–water partition coefficient (Wildman–Crippen LogP) is 1.62. The quantitative estimate of drug-likeness (QED) is 0.612. The summed E-state index contributed by atoms with van der Waals surface area (Å²) in [6.07, 6.45) is 2.35. The average molecular weight is 282 g/mol. The van der Waals surface area contributed by atoms with Crippen molar-refractivity contribution >= 4 is 11.6 Å². The summed E-state index contributed by atoms with van der Waals surface area (Å²) in [6, 6.07) is 2.65. The first kappa shape index (κ1) is 14.4. The second-order valence-electron chi connectivity index (χ2n) is 4.85. The lowest BCUT2D eigenvalue weighted by Crippen LogP contribution is -2.37. The fraction of sp³-hybridized carbons (Fsp3) is 0.462. The van der Waals surface area contributed by atoms with Crippen molar-refractivity contribution in [1.29, 1.82) is 0 Å². The molecule has 108 valence electrons. The van der Waals surface area contributed by atoms with Gasteiger partial charge in [0.2, 0.25) is 0 Å². The molecule has 1 aliphatic carbocycles. The molecule has 0 radical (unpaired) electrons. The summed E-state index contributed by atoms with van der Waals surface area (Å²) in [6.45, 7) is -0.0625. The van der Waals surface area contributed by atoms with Crippen molar-refractivity contribution in [3.8, 4) is 0 Å². The largest absolute Gasteiger partial charge is 0.396 e. The number of rotatable bonds is 6. The molecule has 1 saturated carbocycles. The standard InChI is InChI=1S/C13H15FN2O4/c14-9-3-4-10(12(7-9)16(19)20)13(18)15-11(5-6-17)8-1-2-8/h3-4,7-8,11,17H,1-2,5-6H2,(H,15,18). The van der Waals surface area contributed by atoms with Gasteiger partial charge >= 0.3 is 0 Å². The highest BCUT2D eigenvalue weighted by molar-refractivity contribution is 5.98. The van der Waals surface area contributed by atoms with Crippen LogP contribution in [0.4, 0.5) is 10.1 Å². The van der Waals surface area contributed by atoms with Crippen molar-refractivity contribution in [2.45, 2.75) is 25.3 Å². The van der Waals surface area contributed by atoms with Gasteiger partial charge in [-0.15, -0.1) is 0 Å². The van der Waals surface area contributed by atoms with Gasteiger partial charge in [0.25, 0.3) is 11.6 Å². The van der Waals surface area contributed by atoms with E-state index < -0.39 is 22.3 Å². The molecule has 1 aliphatic rings. The maximum absolute atomic E-state index is 13.0. The maximum atomic E-state index is 13.0. The first-order valence-corrected chi connectivity index (χ1v) is 6.38. The SMILES string of the molecule is O=C(NC(CCO)C1CC1)c1ccc(F)cc1[N+](=O)[O-]. The Kier molecular flexibility index (Phi) is 4.29. The molecular weight excluding hydrogens is 267 g/mol. The van der Waals surface area contributed by atoms with E-state index in [1.807, 2.05) is 0 Å². The van der Waals surface area contributed by atoms with Gasteiger partial charge in [0.1, 0.15) is 11.4 Å². The first-order valence-electron chi connectivity index (χ1n) is 6.38. The van der Waals surface area contributed by atoms with Crippen LogP contribution in [0.15, 0.2) is 18.2 Å². The zero-order chi connectivity index (χ0) is 14.7. The van der Waals surface area contributed by atoms with Gasteiger partial charge in [-0.05, 0) is 37.3 Å². The second kappa shape index (κ2) is 5.96. The minimum absolute atomic E-state index is 0.0625. The van der Waals surface area contributed by atoms with Gasteiger partial charge in [-0.25, -0.2) is 4.39 Å². The minimum Gasteiger partial charge on any atom is -0.396 e. The van der Waals surface area contributed by atoms with Gasteiger partial charge in [0.05, 0.1) is 11.0 Å². The highest BCUT2D eigenvalue weighted by atomic mass is 19.1. The lowest BCUT2D eigenvalue weighted by Gasteiger charge is -2.17. The molecule has 1 aromatic carbocycles. The van der Waals surface area contributed by atoms with Gasteiger partial charge in [-0.3, -0.25) is 14.9 Å². The molecule has 1 fully saturated rings. The van der Waals surface area contributed by atoms with E-state index in [0.29, 0.717) is 12.3 Å². The molecule has 1 atom stereocenters. The van der Waals surface area contributed by atoms with Crippen molar-refractivity contribution in [3.63, 3.8) is 0 Å². The van der Waals surface area contributed by atoms with Crippen LogP contribution in [-0.4, -0.2) is 28.6 Å². The van der Waals surface area contributed by atoms with E-state index in [9.17, 15) is 19.3 Å². The van der Waals surface area contributed by atoms with Crippen LogP contribution in [0.25, 0.3) is 0 Å². The molecule has 0 bridgehead atoms. The van der Waals surface area contributed by atoms with E-state index in [0.717, 1.165) is 31.0 Å². The number of benzene rings is 1. The molecule has 0 spiro atoms. The molecule has 0 heterocycles. The predicted molar refractivity (Wildman–Crippen MR) is 68.7 cm³/mol. The van der Waals surface area contributed by atoms with E-state index in [-0.39, 0.29) is 18.2 Å². The smallest absolute Gasteiger partial charge is 0.285 e. The van der Waals surface area contributed by atoms with Gasteiger partial charge in [-0.2, -0.15) is 0 Å². The number of carbonyl (C=O) groups excluding carboxylic acids is 1. The number of hydrogen-bond acceptors (Lipinski definition) is 4. The normalized spacial score (nSPS) is 15.7. The Bertz CT molecular complexity index is 531. The highest BCUT2D eigenvalue weighted by Crippen LogP contribution is 2.34. The third-order valence-corrected chi connectivity index (χ3v) is 3.35. The van der Waals surface area contributed by atoms with Crippen LogP contribution in [0.1, 0.15) is 29.6 Å². The first-order chi connectivity index (χ1) is 9.52. The molecule has 2 rings (SSSR count). The number of amides is 1. The summed E-state index contributed by atoms with van der Waals surface area (Å²) in [5.41, 5.74) is -0.721. The van der Waals surface area contributed by atoms with Gasteiger partial charge in [0, 0.05) is 12.6 Å². The van der Waals surface area contributed by atoms with Gasteiger partial charge in [-0.1, -0.05) is 0 Å². The third kappa shape index (κ3) is 3.30. The van der Waals surface area contributed by atoms with Crippen molar-refractivity contribution < 1.29 is 19.2 Å². The van der Waals surface area contributed by atoms with E-state index >= 15 is 0 Å². The van der Waals surface area contributed by atoms with Crippen molar-refractivity contribution in [3.05, 3.63) is 39.7 Å². The topological polar surface area (TPSA) is 92.5 Å². The summed E-state index contributed by atoms with van der Waals surface area (Å²) < 4.78 is 13.0. The summed E-state index contributed by atoms with van der Waals surface area (Å²) in [7, 11) is 0. The molecule has 20 heavy (non-hydrogen) atoms. The molecule has 6 nitrogen and oxygen atoms in total. The molecule has 7 heteroatoms. The van der Waals surface area contributed by atoms with E-state index in [1.165, 1.54) is 0 Å². The number of nitro groups is 1. The molecule has 0 aromatic heterocycles. The Morgan fingerprint density at radius 3 is 2.80 bits per heavy atom. The molecule has 1 amide bonds. The number of nitrogens with one attached hydrogen (secondary N) is 1. The zero-order valence-electron chi connectivity index (χ0n) is 10.7. The van der Waals surface area contributed by atoms with E-state index in [2.05, 4.69) is 5.32 Å². The summed E-state index contributed by atoms with van der Waals surface area (Å²) in [5, 5.41) is 22.5. The average Bonchev–Trinajstić information content (AvgIpc) is 3.22. The summed E-state index contributed by atoms with van der Waals surface area (Å²) in [5.74, 6) is -1.06. The Labute approximate surface area is 114 Å². The minimum atomic E-state index is -0.782. The Hall–Kier alpha value is -2.02. The van der Waals surface area contributed by atoms with Crippen LogP contribution in [0.3, 0.4) is 0 Å². The molecule has 1 aromatic rings. The zero-order valence-corrected chi connectivity index (χ0v) is 10.7. The van der Waals surface area contributed by atoms with E-state index in [1.54, 1.807) is 0 Å². The number of hydrogen-bond donors (Lipinski definition) is 2. The molecule has 0 saturated heterocycles. The summed E-state index contributed by atoms with van der Waals surface area (Å²) in [4.78, 5) is 22.2. The van der Waals surface area contributed by atoms with Gasteiger partial charge < -0.3 is 10.4 Å². The van der Waals surface area contributed by atoms with Gasteiger partial charge in [0.15, 0.2) is 0 Å². The molecular formula is C13H15FN2O4. The summed E-state index contributed by atoms with van der Waals surface area (Å²) >= 11 is 0. The fourth-order valence-electron chi connectivity index (χ4n) is 2.16. The lowest BCUT2D eigenvalue weighted by molar-refractivity contribution is -0.385. The highest BCUT2D eigenvalue weighted by Gasteiger charge is 2.33. The maximum Gasteiger partial charge on any atom is 0.285 e. The van der Waals surface area contributed by atoms with E-state index in [4.69, 9.17) is 5.11 Å². The number of nitrogens with zero attached hydrogens (tertiary/aromatic N) is 1. The molecule has 1 unspecified atom stereocenters. The Morgan fingerprint density at radius 1 is 1.55 bits per heavy atom. The lowest BCUT2D eigenvalue weighted by atomic mass is 10.1. The molecule has 2 N–H and O–H groups in total. The number of halogens is 1. The number of aliphatic hydroxyl groups excluding tert-OH is 1. The van der Waals surface area contributed by atoms with Crippen molar-refractivity contribution in [1.82, 2.24) is 5.32 Å². The van der Waals surface area contributed by atoms with Crippen LogP contribution in [-0.2, 0) is 0 Å². The monoisotopic (exact) mass is 282 g/mol. The van der Waals surface area contributed by atoms with Crippen LogP contribution in [0.5, 0.6) is 0 Å². The van der Waals surface area contributed by atoms with Crippen molar-refractivity contribution in [2.75, 3.05) is 6.61 Å². The van der Waals surface area contributed by atoms with Crippen LogP contribution < -0.4 is 5.32 Å². The number of carbonyl (C=O) groups is 1. The second-order valence-corrected chi connectivity index (χ2v) is 4.85. The van der Waals surface area contributed by atoms with Crippen LogP contribution in [0, 0.1) is 21.8 Å². The van der Waals surface area contributed by atoms with Crippen molar-refractivity contribution in [2.24, 2.45) is 5.92 Å². The molecule has 0 aliphatic heterocycles. The third-order valence-electron chi connectivity index (χ3n) is 3.35. The fourth-order valence-corrected chi connectivity index (χ4v) is 2.16.